The molecule has 0 amide bonds. The van der Waals surface area contributed by atoms with Crippen molar-refractivity contribution in [3.8, 4) is 22.9 Å². The Bertz CT molecular complexity index is 1310. The number of sulfone groups is 1. The second-order valence-electron chi connectivity index (χ2n) is 8.01. The molecule has 0 saturated carbocycles. The molecular weight excluding hydrogens is 422 g/mol. The van der Waals surface area contributed by atoms with E-state index in [9.17, 15) is 8.42 Å². The van der Waals surface area contributed by atoms with Gasteiger partial charge in [-0.3, -0.25) is 0 Å². The van der Waals surface area contributed by atoms with E-state index < -0.39 is 9.84 Å². The molecule has 162 valence electrons. The minimum Gasteiger partial charge on any atom is -0.437 e. The van der Waals surface area contributed by atoms with E-state index in [0.717, 1.165) is 37.2 Å². The minimum atomic E-state index is -3.22. The lowest BCUT2D eigenvalue weighted by Crippen LogP contribution is -2.26. The normalized spacial score (nSPS) is 15.4. The first-order chi connectivity index (χ1) is 15.5. The third kappa shape index (κ3) is 4.29. The lowest BCUT2D eigenvalue weighted by atomic mass is 10.0. The average molecular weight is 446 g/mol. The zero-order valence-corrected chi connectivity index (χ0v) is 18.5. The molecule has 0 fully saturated rings. The van der Waals surface area contributed by atoms with Gasteiger partial charge in [0, 0.05) is 30.6 Å². The summed E-state index contributed by atoms with van der Waals surface area (Å²) in [6.45, 7) is 2.03. The molecule has 5 rings (SSSR count). The van der Waals surface area contributed by atoms with Gasteiger partial charge < -0.3 is 9.64 Å². The number of rotatable bonds is 5. The highest BCUT2D eigenvalue weighted by atomic mass is 32.2. The topological polar surface area (TPSA) is 72.4 Å². The Morgan fingerprint density at radius 2 is 1.69 bits per heavy atom. The van der Waals surface area contributed by atoms with Crippen LogP contribution in [0.15, 0.2) is 83.7 Å². The van der Waals surface area contributed by atoms with Crippen LogP contribution in [0.3, 0.4) is 0 Å². The first-order valence-electron chi connectivity index (χ1n) is 10.5. The van der Waals surface area contributed by atoms with Crippen LogP contribution in [0.1, 0.15) is 11.1 Å². The number of ether oxygens (including phenoxy) is 1. The van der Waals surface area contributed by atoms with Gasteiger partial charge in [0.25, 0.3) is 0 Å². The Morgan fingerprint density at radius 3 is 2.31 bits per heavy atom. The second kappa shape index (κ2) is 8.24. The highest BCUT2D eigenvalue weighted by molar-refractivity contribution is 7.90. The van der Waals surface area contributed by atoms with Crippen molar-refractivity contribution in [2.45, 2.75) is 17.7 Å². The van der Waals surface area contributed by atoms with Gasteiger partial charge in [-0.1, -0.05) is 24.3 Å². The first kappa shape index (κ1) is 20.5. The van der Waals surface area contributed by atoms with Crippen LogP contribution >= 0.6 is 0 Å². The van der Waals surface area contributed by atoms with Crippen molar-refractivity contribution in [2.24, 2.45) is 0 Å². The van der Waals surface area contributed by atoms with Gasteiger partial charge in [0.15, 0.2) is 9.84 Å². The van der Waals surface area contributed by atoms with Crippen LogP contribution in [0.4, 0.5) is 0 Å². The lowest BCUT2D eigenvalue weighted by Gasteiger charge is -2.26. The van der Waals surface area contributed by atoms with E-state index in [-0.39, 0.29) is 4.90 Å². The van der Waals surface area contributed by atoms with Gasteiger partial charge in [0.1, 0.15) is 5.75 Å². The molecule has 1 aromatic heterocycles. The third-order valence-electron chi connectivity index (χ3n) is 5.81. The Morgan fingerprint density at radius 1 is 0.938 bits per heavy atom. The van der Waals surface area contributed by atoms with Crippen LogP contribution in [0.2, 0.25) is 0 Å². The summed E-state index contributed by atoms with van der Waals surface area (Å²) in [5.41, 5.74) is 5.43. The van der Waals surface area contributed by atoms with E-state index in [2.05, 4.69) is 45.2 Å². The minimum absolute atomic E-state index is 0.279. The summed E-state index contributed by atoms with van der Waals surface area (Å²) < 4.78 is 29.2. The van der Waals surface area contributed by atoms with E-state index >= 15 is 0 Å². The van der Waals surface area contributed by atoms with Gasteiger partial charge in [-0.2, -0.15) is 0 Å². The van der Waals surface area contributed by atoms with Crippen molar-refractivity contribution in [2.75, 3.05) is 19.3 Å². The van der Waals surface area contributed by atoms with Crippen LogP contribution in [-0.2, 0) is 22.7 Å². The molecule has 0 spiro atoms. The molecule has 0 N–H and O–H groups in total. The molecule has 32 heavy (non-hydrogen) atoms. The highest BCUT2D eigenvalue weighted by Gasteiger charge is 2.17. The number of allylic oxidation sites excluding steroid dienone is 3. The zero-order chi connectivity index (χ0) is 22.1. The second-order valence-corrected chi connectivity index (χ2v) is 10.0. The molecule has 0 unspecified atom stereocenters. The third-order valence-corrected chi connectivity index (χ3v) is 6.94. The van der Waals surface area contributed by atoms with Gasteiger partial charge in [-0.15, -0.1) is 0 Å². The number of hydrogen-bond donors (Lipinski definition) is 0. The summed E-state index contributed by atoms with van der Waals surface area (Å²) in [6.07, 6.45) is 12.8. The summed E-state index contributed by atoms with van der Waals surface area (Å²) in [7, 11) is -3.22. The standard InChI is InChI=1S/C25H23N3O3S/c1-32(29,30)23-9-6-19(7-10-23)24-16-27-25(17-26-24)31-22-8-5-18-11-13-28(21-3-2-4-21)14-12-20(18)15-22/h2-10,15-17H,11-14H2,1H3. The summed E-state index contributed by atoms with van der Waals surface area (Å²) in [5, 5.41) is 0. The van der Waals surface area contributed by atoms with Crippen molar-refractivity contribution in [1.82, 2.24) is 14.9 Å². The smallest absolute Gasteiger partial charge is 0.237 e. The van der Waals surface area contributed by atoms with Crippen molar-refractivity contribution in [1.29, 1.82) is 0 Å². The predicted octanol–water partition coefficient (Wildman–Crippen LogP) is 4.19. The SMILES string of the molecule is CS(=O)(=O)c1ccc(-c2cnc(Oc3ccc4c(c3)CCN(C3=CC=C3)CC4)cn2)cc1. The van der Waals surface area contributed by atoms with Crippen molar-refractivity contribution >= 4 is 9.84 Å². The fourth-order valence-corrected chi connectivity index (χ4v) is 4.56. The number of aromatic nitrogens is 2. The molecule has 1 aliphatic carbocycles. The Labute approximate surface area is 187 Å². The van der Waals surface area contributed by atoms with Crippen LogP contribution < -0.4 is 4.74 Å². The van der Waals surface area contributed by atoms with E-state index in [1.807, 2.05) is 6.07 Å². The molecule has 0 radical (unpaired) electrons. The van der Waals surface area contributed by atoms with Crippen LogP contribution in [0.25, 0.3) is 11.3 Å². The van der Waals surface area contributed by atoms with Gasteiger partial charge in [-0.25, -0.2) is 18.4 Å². The largest absolute Gasteiger partial charge is 0.437 e. The fourth-order valence-electron chi connectivity index (χ4n) is 3.93. The maximum atomic E-state index is 11.6. The summed E-state index contributed by atoms with van der Waals surface area (Å²) >= 11 is 0. The fraction of sp³-hybridized carbons (Fsp3) is 0.200. The number of fused-ring (bicyclic) bond motifs is 1. The van der Waals surface area contributed by atoms with Crippen LogP contribution in [0, 0.1) is 0 Å². The number of nitrogens with zero attached hydrogens (tertiary/aromatic N) is 3. The lowest BCUT2D eigenvalue weighted by molar-refractivity contribution is 0.370. The molecule has 7 heteroatoms. The molecule has 3 aromatic rings. The quantitative estimate of drug-likeness (QED) is 0.586. The molecular formula is C25H23N3O3S. The van der Waals surface area contributed by atoms with Gasteiger partial charge in [0.2, 0.25) is 5.88 Å². The van der Waals surface area contributed by atoms with E-state index in [1.165, 1.54) is 23.1 Å². The van der Waals surface area contributed by atoms with Crippen LogP contribution in [0.5, 0.6) is 11.6 Å². The van der Waals surface area contributed by atoms with Crippen molar-refractivity contribution in [3.63, 3.8) is 0 Å². The maximum Gasteiger partial charge on any atom is 0.237 e. The maximum absolute atomic E-state index is 11.6. The Balaban J connectivity index is 1.28. The monoisotopic (exact) mass is 445 g/mol. The molecule has 2 aliphatic rings. The summed E-state index contributed by atoms with van der Waals surface area (Å²) in [4.78, 5) is 11.5. The molecule has 0 atom stereocenters. The molecule has 1 aliphatic heterocycles. The Hall–Kier alpha value is -3.45. The highest BCUT2D eigenvalue weighted by Crippen LogP contribution is 2.27. The predicted molar refractivity (Wildman–Crippen MR) is 123 cm³/mol. The molecule has 0 bridgehead atoms. The van der Waals surface area contributed by atoms with Crippen LogP contribution in [-0.4, -0.2) is 42.6 Å². The summed E-state index contributed by atoms with van der Waals surface area (Å²) in [6, 6.07) is 12.8. The molecule has 6 nitrogen and oxygen atoms in total. The van der Waals surface area contributed by atoms with Gasteiger partial charge >= 0.3 is 0 Å². The van der Waals surface area contributed by atoms with Gasteiger partial charge in [0.05, 0.1) is 23.0 Å². The molecule has 0 saturated heterocycles. The van der Waals surface area contributed by atoms with Gasteiger partial charge in [-0.05, 0) is 60.4 Å². The average Bonchev–Trinajstić information content (AvgIpc) is 2.95. The van der Waals surface area contributed by atoms with Crippen molar-refractivity contribution in [3.05, 3.63) is 89.9 Å². The van der Waals surface area contributed by atoms with E-state index in [4.69, 9.17) is 4.74 Å². The van der Waals surface area contributed by atoms with E-state index in [0.29, 0.717) is 11.6 Å². The molecule has 2 aromatic carbocycles. The Kier molecular flexibility index (Phi) is 5.27. The zero-order valence-electron chi connectivity index (χ0n) is 17.7. The van der Waals surface area contributed by atoms with E-state index in [1.54, 1.807) is 36.7 Å². The summed E-state index contributed by atoms with van der Waals surface area (Å²) in [5.74, 6) is 1.17. The number of benzene rings is 2. The molecule has 2 heterocycles. The number of hydrogen-bond acceptors (Lipinski definition) is 6. The van der Waals surface area contributed by atoms with Crippen molar-refractivity contribution < 1.29 is 13.2 Å². The first-order valence-corrected chi connectivity index (χ1v) is 12.4.